The maximum absolute atomic E-state index is 11.5. The fourth-order valence-corrected chi connectivity index (χ4v) is 2.10. The number of hydrogen-bond acceptors (Lipinski definition) is 3. The van der Waals surface area contributed by atoms with Crippen LogP contribution in [0.3, 0.4) is 0 Å². The molecular formula is C12H18N2O2. The number of rotatable bonds is 3. The topological polar surface area (TPSA) is 55.1 Å². The van der Waals surface area contributed by atoms with Crippen LogP contribution in [0.1, 0.15) is 44.4 Å². The van der Waals surface area contributed by atoms with Crippen LogP contribution in [-0.2, 0) is 17.6 Å². The minimum Gasteiger partial charge on any atom is -0.338 e. The Bertz CT molecular complexity index is 384. The lowest BCUT2D eigenvalue weighted by molar-refractivity contribution is -0.116. The van der Waals surface area contributed by atoms with Gasteiger partial charge in [0.25, 0.3) is 0 Å². The SMILES string of the molecule is CCCC(=O)Nc1onc2c1C[C@@H](C)CC2. The molecule has 0 fully saturated rings. The number of aryl methyl sites for hydroxylation is 1. The Morgan fingerprint density at radius 1 is 1.62 bits per heavy atom. The molecule has 0 saturated carbocycles. The Balaban J connectivity index is 2.11. The second-order valence-electron chi connectivity index (χ2n) is 4.58. The highest BCUT2D eigenvalue weighted by Crippen LogP contribution is 2.30. The predicted molar refractivity (Wildman–Crippen MR) is 61.2 cm³/mol. The van der Waals surface area contributed by atoms with Crippen molar-refractivity contribution in [2.75, 3.05) is 5.32 Å². The first-order chi connectivity index (χ1) is 7.70. The number of fused-ring (bicyclic) bond motifs is 1. The molecule has 2 rings (SSSR count). The molecule has 4 heteroatoms. The van der Waals surface area contributed by atoms with E-state index in [2.05, 4.69) is 17.4 Å². The molecule has 88 valence electrons. The number of anilines is 1. The third-order valence-corrected chi connectivity index (χ3v) is 3.03. The van der Waals surface area contributed by atoms with E-state index in [-0.39, 0.29) is 5.91 Å². The molecule has 0 bridgehead atoms. The number of aromatic nitrogens is 1. The van der Waals surface area contributed by atoms with Crippen molar-refractivity contribution in [3.8, 4) is 0 Å². The number of carbonyl (C=O) groups excluding carboxylic acids is 1. The Hall–Kier alpha value is -1.32. The number of carbonyl (C=O) groups is 1. The van der Waals surface area contributed by atoms with E-state index in [4.69, 9.17) is 4.52 Å². The molecule has 1 aliphatic rings. The summed E-state index contributed by atoms with van der Waals surface area (Å²) in [6, 6.07) is 0. The first kappa shape index (κ1) is 11.2. The van der Waals surface area contributed by atoms with Crippen LogP contribution in [0, 0.1) is 5.92 Å². The fraction of sp³-hybridized carbons (Fsp3) is 0.667. The number of hydrogen-bond donors (Lipinski definition) is 1. The second kappa shape index (κ2) is 4.68. The van der Waals surface area contributed by atoms with Gasteiger partial charge in [0.05, 0.1) is 5.69 Å². The molecule has 1 aromatic heterocycles. The van der Waals surface area contributed by atoms with Crippen LogP contribution in [0.5, 0.6) is 0 Å². The van der Waals surface area contributed by atoms with Gasteiger partial charge in [0.1, 0.15) is 0 Å². The largest absolute Gasteiger partial charge is 0.338 e. The summed E-state index contributed by atoms with van der Waals surface area (Å²) < 4.78 is 5.20. The van der Waals surface area contributed by atoms with E-state index in [1.54, 1.807) is 0 Å². The fourth-order valence-electron chi connectivity index (χ4n) is 2.10. The molecule has 1 N–H and O–H groups in total. The number of amides is 1. The van der Waals surface area contributed by atoms with Crippen molar-refractivity contribution in [3.63, 3.8) is 0 Å². The van der Waals surface area contributed by atoms with E-state index in [0.717, 1.165) is 36.9 Å². The summed E-state index contributed by atoms with van der Waals surface area (Å²) in [5.41, 5.74) is 2.12. The lowest BCUT2D eigenvalue weighted by atomic mass is 9.89. The van der Waals surface area contributed by atoms with E-state index in [1.165, 1.54) is 0 Å². The first-order valence-electron chi connectivity index (χ1n) is 5.98. The molecule has 1 aromatic rings. The highest BCUT2D eigenvalue weighted by molar-refractivity contribution is 5.90. The van der Waals surface area contributed by atoms with Gasteiger partial charge in [-0.25, -0.2) is 0 Å². The molecule has 0 spiro atoms. The van der Waals surface area contributed by atoms with Crippen molar-refractivity contribution in [1.82, 2.24) is 5.16 Å². The third kappa shape index (κ3) is 2.26. The second-order valence-corrected chi connectivity index (χ2v) is 4.58. The Labute approximate surface area is 95.4 Å². The standard InChI is InChI=1S/C12H18N2O2/c1-3-4-11(15)13-12-9-7-8(2)5-6-10(9)14-16-12/h8H,3-7H2,1-2H3,(H,13,15)/t8-/m0/s1. The van der Waals surface area contributed by atoms with Crippen LogP contribution in [0.25, 0.3) is 0 Å². The van der Waals surface area contributed by atoms with Crippen molar-refractivity contribution in [2.45, 2.75) is 46.0 Å². The van der Waals surface area contributed by atoms with Crippen molar-refractivity contribution < 1.29 is 9.32 Å². The smallest absolute Gasteiger partial charge is 0.234 e. The normalized spacial score (nSPS) is 19.2. The van der Waals surface area contributed by atoms with Crippen molar-refractivity contribution in [2.24, 2.45) is 5.92 Å². The van der Waals surface area contributed by atoms with Gasteiger partial charge in [-0.3, -0.25) is 10.1 Å². The van der Waals surface area contributed by atoms with E-state index in [9.17, 15) is 4.79 Å². The predicted octanol–water partition coefficient (Wildman–Crippen LogP) is 2.54. The van der Waals surface area contributed by atoms with E-state index in [1.807, 2.05) is 6.92 Å². The monoisotopic (exact) mass is 222 g/mol. The van der Waals surface area contributed by atoms with Gasteiger partial charge < -0.3 is 4.52 Å². The Morgan fingerprint density at radius 2 is 2.44 bits per heavy atom. The number of nitrogens with zero attached hydrogens (tertiary/aromatic N) is 1. The molecule has 0 aromatic carbocycles. The molecule has 0 radical (unpaired) electrons. The molecule has 0 unspecified atom stereocenters. The van der Waals surface area contributed by atoms with Crippen LogP contribution < -0.4 is 5.32 Å². The van der Waals surface area contributed by atoms with Gasteiger partial charge in [-0.2, -0.15) is 0 Å². The van der Waals surface area contributed by atoms with Crippen LogP contribution >= 0.6 is 0 Å². The molecule has 1 atom stereocenters. The van der Waals surface area contributed by atoms with Gasteiger partial charge in [0.2, 0.25) is 11.8 Å². The van der Waals surface area contributed by atoms with Gasteiger partial charge in [0, 0.05) is 12.0 Å². The van der Waals surface area contributed by atoms with Gasteiger partial charge in [-0.1, -0.05) is 19.0 Å². The van der Waals surface area contributed by atoms with Crippen LogP contribution in [0.15, 0.2) is 4.52 Å². The van der Waals surface area contributed by atoms with Crippen LogP contribution in [0.2, 0.25) is 0 Å². The summed E-state index contributed by atoms with van der Waals surface area (Å²) in [5, 5.41) is 6.82. The van der Waals surface area contributed by atoms with Crippen molar-refractivity contribution >= 4 is 11.8 Å². The quantitative estimate of drug-likeness (QED) is 0.855. The van der Waals surface area contributed by atoms with Crippen molar-refractivity contribution in [3.05, 3.63) is 11.3 Å². The maximum atomic E-state index is 11.5. The average Bonchev–Trinajstić information content (AvgIpc) is 2.61. The van der Waals surface area contributed by atoms with Crippen molar-refractivity contribution in [1.29, 1.82) is 0 Å². The lowest BCUT2D eigenvalue weighted by Crippen LogP contribution is -2.15. The molecule has 1 heterocycles. The van der Waals surface area contributed by atoms with E-state index in [0.29, 0.717) is 18.2 Å². The van der Waals surface area contributed by atoms with Gasteiger partial charge in [0.15, 0.2) is 0 Å². The number of nitrogens with one attached hydrogen (secondary N) is 1. The molecule has 4 nitrogen and oxygen atoms in total. The molecule has 1 aliphatic carbocycles. The van der Waals surface area contributed by atoms with E-state index >= 15 is 0 Å². The zero-order chi connectivity index (χ0) is 11.5. The van der Waals surface area contributed by atoms with Gasteiger partial charge >= 0.3 is 0 Å². The lowest BCUT2D eigenvalue weighted by Gasteiger charge is -2.16. The summed E-state index contributed by atoms with van der Waals surface area (Å²) >= 11 is 0. The van der Waals surface area contributed by atoms with Gasteiger partial charge in [-0.05, 0) is 31.6 Å². The summed E-state index contributed by atoms with van der Waals surface area (Å²) in [5.74, 6) is 1.23. The Morgan fingerprint density at radius 3 is 3.19 bits per heavy atom. The zero-order valence-electron chi connectivity index (χ0n) is 9.88. The average molecular weight is 222 g/mol. The minimum absolute atomic E-state index is 0.0136. The highest BCUT2D eigenvalue weighted by Gasteiger charge is 2.23. The highest BCUT2D eigenvalue weighted by atomic mass is 16.5. The minimum atomic E-state index is 0.0136. The van der Waals surface area contributed by atoms with Crippen LogP contribution in [-0.4, -0.2) is 11.1 Å². The summed E-state index contributed by atoms with van der Waals surface area (Å²) in [4.78, 5) is 11.5. The summed E-state index contributed by atoms with van der Waals surface area (Å²) in [6.07, 6.45) is 4.45. The molecule has 1 amide bonds. The van der Waals surface area contributed by atoms with E-state index < -0.39 is 0 Å². The third-order valence-electron chi connectivity index (χ3n) is 3.03. The van der Waals surface area contributed by atoms with Gasteiger partial charge in [-0.15, -0.1) is 0 Å². The first-order valence-corrected chi connectivity index (χ1v) is 5.98. The molecule has 0 aliphatic heterocycles. The van der Waals surface area contributed by atoms with Crippen LogP contribution in [0.4, 0.5) is 5.88 Å². The zero-order valence-corrected chi connectivity index (χ0v) is 9.88. The molecule has 16 heavy (non-hydrogen) atoms. The molecular weight excluding hydrogens is 204 g/mol. The molecule has 0 saturated heterocycles. The Kier molecular flexibility index (Phi) is 3.27. The summed E-state index contributed by atoms with van der Waals surface area (Å²) in [6.45, 7) is 4.20. The summed E-state index contributed by atoms with van der Waals surface area (Å²) in [7, 11) is 0. The maximum Gasteiger partial charge on any atom is 0.234 e.